The van der Waals surface area contributed by atoms with Crippen LogP contribution in [0.2, 0.25) is 0 Å². The molecule has 1 fully saturated rings. The summed E-state index contributed by atoms with van der Waals surface area (Å²) in [4.78, 5) is 25.4. The average Bonchev–Trinajstić information content (AvgIpc) is 2.90. The van der Waals surface area contributed by atoms with E-state index in [4.69, 9.17) is 5.11 Å². The van der Waals surface area contributed by atoms with Crippen molar-refractivity contribution >= 4 is 11.9 Å². The summed E-state index contributed by atoms with van der Waals surface area (Å²) in [5.74, 6) is -1.23. The highest BCUT2D eigenvalue weighted by Crippen LogP contribution is 2.39. The predicted molar refractivity (Wildman–Crippen MR) is 139 cm³/mol. The fourth-order valence-electron chi connectivity index (χ4n) is 4.61. The number of carbonyl (C=O) groups is 2. The van der Waals surface area contributed by atoms with E-state index in [0.29, 0.717) is 25.7 Å². The Labute approximate surface area is 238 Å². The maximum absolute atomic E-state index is 13.2. The number of amides is 3. The number of hydrogen-bond donors (Lipinski definition) is 2. The number of benzene rings is 2. The van der Waals surface area contributed by atoms with E-state index in [2.05, 4.69) is 5.32 Å². The van der Waals surface area contributed by atoms with Crippen LogP contribution in [-0.4, -0.2) is 60.4 Å². The molecule has 2 N–H and O–H groups in total. The lowest BCUT2D eigenvalue weighted by Gasteiger charge is -2.33. The Kier molecular flexibility index (Phi) is 11.3. The van der Waals surface area contributed by atoms with Gasteiger partial charge >= 0.3 is 18.4 Å². The number of nitrogens with zero attached hydrogens (tertiary/aromatic N) is 2. The summed E-state index contributed by atoms with van der Waals surface area (Å²) in [6.07, 6.45) is -8.11. The van der Waals surface area contributed by atoms with Gasteiger partial charge in [0.15, 0.2) is 0 Å². The topological polar surface area (TPSA) is 72.9 Å². The van der Waals surface area contributed by atoms with Gasteiger partial charge in [0.25, 0.3) is 5.91 Å². The van der Waals surface area contributed by atoms with Gasteiger partial charge < -0.3 is 15.3 Å². The minimum Gasteiger partial charge on any atom is -0.395 e. The first-order valence-corrected chi connectivity index (χ1v) is 12.9. The maximum atomic E-state index is 13.2. The van der Waals surface area contributed by atoms with E-state index in [1.807, 2.05) is 13.0 Å². The molecular weight excluding hydrogens is 578 g/mol. The summed E-state index contributed by atoms with van der Waals surface area (Å²) in [5, 5.41) is 11.0. The van der Waals surface area contributed by atoms with E-state index in [-0.39, 0.29) is 42.1 Å². The third-order valence-electron chi connectivity index (χ3n) is 6.89. The molecule has 3 amide bonds. The fraction of sp³-hybridized carbons (Fsp3) is 0.500. The number of carbonyl (C=O) groups excluding carboxylic acids is 2. The summed E-state index contributed by atoms with van der Waals surface area (Å²) in [7, 11) is 0.711. The number of aryl methyl sites for hydroxylation is 1. The highest BCUT2D eigenvalue weighted by molar-refractivity contribution is 5.86. The van der Waals surface area contributed by atoms with Gasteiger partial charge in [-0.1, -0.05) is 10.5 Å². The third-order valence-corrected chi connectivity index (χ3v) is 6.89. The van der Waals surface area contributed by atoms with Crippen molar-refractivity contribution in [1.82, 2.24) is 15.3 Å². The first-order valence-electron chi connectivity index (χ1n) is 12.9. The monoisotopic (exact) mass is 611 g/mol. The number of urea groups is 1. The van der Waals surface area contributed by atoms with Crippen LogP contribution in [0, 0.1) is 12.7 Å². The summed E-state index contributed by atoms with van der Waals surface area (Å²) < 4.78 is 103. The quantitative estimate of drug-likeness (QED) is 0.306. The lowest BCUT2D eigenvalue weighted by atomic mass is 9.82. The van der Waals surface area contributed by atoms with E-state index in [1.165, 1.54) is 6.07 Å². The molecule has 0 unspecified atom stereocenters. The number of piperidine rings is 1. The van der Waals surface area contributed by atoms with Crippen LogP contribution in [0.15, 0.2) is 36.4 Å². The van der Waals surface area contributed by atoms with Gasteiger partial charge in [0, 0.05) is 32.6 Å². The molecule has 0 bridgehead atoms. The molecule has 1 aliphatic heterocycles. The van der Waals surface area contributed by atoms with Gasteiger partial charge in [-0.15, -0.1) is 0 Å². The highest BCUT2D eigenvalue weighted by Gasteiger charge is 2.41. The molecule has 0 radical (unpaired) electrons. The molecule has 1 aliphatic rings. The lowest BCUT2D eigenvalue weighted by Crippen LogP contribution is -2.45. The fourth-order valence-corrected chi connectivity index (χ4v) is 4.61. The highest BCUT2D eigenvalue weighted by atomic mass is 19.4. The summed E-state index contributed by atoms with van der Waals surface area (Å²) in [6, 6.07) is 5.48. The van der Waals surface area contributed by atoms with Crippen LogP contribution >= 0.6 is 0 Å². The van der Waals surface area contributed by atoms with Crippen molar-refractivity contribution in [2.45, 2.75) is 57.3 Å². The Bertz CT molecular complexity index is 1210. The second-order valence-corrected chi connectivity index (χ2v) is 10.4. The van der Waals surface area contributed by atoms with E-state index in [9.17, 15) is 44.8 Å². The normalized spacial score (nSPS) is 15.9. The Hall–Kier alpha value is -3.42. The third kappa shape index (κ3) is 9.04. The number of aliphatic hydroxyl groups is 1. The average molecular weight is 612 g/mol. The molecule has 234 valence electrons. The minimum absolute atomic E-state index is 0.0524. The van der Waals surface area contributed by atoms with Crippen molar-refractivity contribution in [2.24, 2.45) is 0 Å². The number of nitrogens with one attached hydrogen (secondary N) is 1. The Balaban J connectivity index is 0.000000294. The van der Waals surface area contributed by atoms with Crippen LogP contribution in [0.5, 0.6) is 0 Å². The van der Waals surface area contributed by atoms with Crippen LogP contribution < -0.4 is 5.32 Å². The van der Waals surface area contributed by atoms with Gasteiger partial charge in [-0.2, -0.15) is 31.5 Å². The molecule has 14 heteroatoms. The van der Waals surface area contributed by atoms with Crippen molar-refractivity contribution in [3.63, 3.8) is 0 Å². The lowest BCUT2D eigenvalue weighted by molar-refractivity contribution is -0.149. The van der Waals surface area contributed by atoms with E-state index in [1.54, 1.807) is 11.0 Å². The zero-order chi connectivity index (χ0) is 32.0. The predicted octanol–water partition coefficient (Wildman–Crippen LogP) is 6.36. The van der Waals surface area contributed by atoms with Crippen molar-refractivity contribution in [3.8, 4) is 0 Å². The smallest absolute Gasteiger partial charge is 0.395 e. The Morgan fingerprint density at radius 1 is 1.00 bits per heavy atom. The van der Waals surface area contributed by atoms with Crippen LogP contribution in [-0.2, 0) is 22.6 Å². The standard InChI is InChI=1S/C15H21FN2O2.C13H12F7NO/c1-11-9-13(16)4-5-14(11)12-3-2-7-18(10-12)15(20)17-6-8-19;1-11(2,10(22)21(3)20)7-4-8(12(14,15)16)6-9(5-7)13(17,18)19/h4-5,9,12,19H,2-3,6-8,10H2,1H3,(H,17,20);4-6H,1-3H3/t12-;/m1./s1. The Morgan fingerprint density at radius 2 is 1.55 bits per heavy atom. The number of halogens is 8. The number of alkyl halides is 6. The molecule has 2 aromatic carbocycles. The van der Waals surface area contributed by atoms with E-state index < -0.39 is 40.4 Å². The first kappa shape index (κ1) is 34.8. The van der Waals surface area contributed by atoms with Gasteiger partial charge in [-0.3, -0.25) is 4.79 Å². The van der Waals surface area contributed by atoms with Crippen molar-refractivity contribution in [1.29, 1.82) is 0 Å². The molecular formula is C28H33F8N3O3. The van der Waals surface area contributed by atoms with Crippen LogP contribution in [0.25, 0.3) is 0 Å². The van der Waals surface area contributed by atoms with Crippen molar-refractivity contribution in [3.05, 3.63) is 70.0 Å². The van der Waals surface area contributed by atoms with E-state index in [0.717, 1.165) is 44.4 Å². The number of rotatable bonds is 5. The summed E-state index contributed by atoms with van der Waals surface area (Å²) in [5.41, 5.74) is -3.53. The number of likely N-dealkylation sites (N-methyl/N-ethyl adjacent to an activating group) is 1. The van der Waals surface area contributed by atoms with Crippen molar-refractivity contribution < 1.29 is 49.9 Å². The second-order valence-electron chi connectivity index (χ2n) is 10.4. The minimum atomic E-state index is -5.03. The van der Waals surface area contributed by atoms with Crippen LogP contribution in [0.4, 0.5) is 40.0 Å². The largest absolute Gasteiger partial charge is 0.416 e. The number of hydrogen-bond acceptors (Lipinski definition) is 3. The molecule has 1 saturated heterocycles. The molecule has 1 atom stereocenters. The maximum Gasteiger partial charge on any atom is 0.416 e. The number of likely N-dealkylation sites (tertiary alicyclic amines) is 1. The zero-order valence-corrected chi connectivity index (χ0v) is 23.5. The molecule has 0 aliphatic carbocycles. The number of aliphatic hydroxyl groups excluding tert-OH is 1. The van der Waals surface area contributed by atoms with Crippen molar-refractivity contribution in [2.75, 3.05) is 33.3 Å². The summed E-state index contributed by atoms with van der Waals surface area (Å²) in [6.45, 7) is 5.58. The molecule has 42 heavy (non-hydrogen) atoms. The SMILES string of the molecule is CN(F)C(=O)C(C)(C)c1cc(C(F)(F)F)cc(C(F)(F)F)c1.Cc1cc(F)ccc1[C@@H]1CCCN(C(=O)NCCO)C1. The molecule has 3 rings (SSSR count). The van der Waals surface area contributed by atoms with E-state index >= 15 is 0 Å². The summed E-state index contributed by atoms with van der Waals surface area (Å²) >= 11 is 0. The molecule has 6 nitrogen and oxygen atoms in total. The van der Waals surface area contributed by atoms with Gasteiger partial charge in [0.2, 0.25) is 0 Å². The molecule has 2 aromatic rings. The van der Waals surface area contributed by atoms with Gasteiger partial charge in [-0.25, -0.2) is 9.18 Å². The van der Waals surface area contributed by atoms with Gasteiger partial charge in [0.1, 0.15) is 5.82 Å². The zero-order valence-electron chi connectivity index (χ0n) is 23.5. The molecule has 0 aromatic heterocycles. The van der Waals surface area contributed by atoms with Gasteiger partial charge in [-0.05, 0) is 80.6 Å². The Morgan fingerprint density at radius 3 is 2.02 bits per heavy atom. The van der Waals surface area contributed by atoms with Crippen LogP contribution in [0.3, 0.4) is 0 Å². The van der Waals surface area contributed by atoms with Gasteiger partial charge in [0.05, 0.1) is 23.1 Å². The second kappa shape index (κ2) is 13.7. The molecule has 0 spiro atoms. The van der Waals surface area contributed by atoms with Crippen LogP contribution in [0.1, 0.15) is 60.4 Å². The first-order chi connectivity index (χ1) is 19.3. The molecule has 0 saturated carbocycles. The molecule has 1 heterocycles.